The summed E-state index contributed by atoms with van der Waals surface area (Å²) in [7, 11) is 0. The maximum absolute atomic E-state index is 2.26. The van der Waals surface area contributed by atoms with Crippen molar-refractivity contribution in [3.63, 3.8) is 0 Å². The van der Waals surface area contributed by atoms with Crippen LogP contribution in [0.15, 0.2) is 48.5 Å². The van der Waals surface area contributed by atoms with E-state index >= 15 is 0 Å². The Morgan fingerprint density at radius 2 is 0.969 bits per heavy atom. The van der Waals surface area contributed by atoms with Crippen molar-refractivity contribution in [3.8, 4) is 0 Å². The van der Waals surface area contributed by atoms with Gasteiger partial charge in [0.25, 0.3) is 0 Å². The van der Waals surface area contributed by atoms with Crippen LogP contribution >= 0.6 is 0 Å². The molecule has 0 spiro atoms. The van der Waals surface area contributed by atoms with Gasteiger partial charge in [0.15, 0.2) is 0 Å². The number of benzene rings is 2. The van der Waals surface area contributed by atoms with Gasteiger partial charge in [0, 0.05) is 0 Å². The van der Waals surface area contributed by atoms with Gasteiger partial charge in [-0.1, -0.05) is 51.0 Å². The second-order valence-electron chi connectivity index (χ2n) is 8.93. The monoisotopic (exact) mass is 648 g/mol. The first kappa shape index (κ1) is 29.4. The summed E-state index contributed by atoms with van der Waals surface area (Å²) in [5, 5.41) is 5.64. The number of hydrogen-bond donors (Lipinski definition) is 0. The normalized spacial score (nSPS) is 12.4. The molecule has 0 radical (unpaired) electrons. The molecule has 1 fully saturated rings. The van der Waals surface area contributed by atoms with Gasteiger partial charge in [-0.25, -0.2) is 0 Å². The third-order valence-corrected chi connectivity index (χ3v) is 13.4. The molecule has 1 heterocycles. The van der Waals surface area contributed by atoms with E-state index < -0.39 is 0 Å². The Morgan fingerprint density at radius 3 is 1.25 bits per heavy atom. The SMILES string of the molecule is Cc1cc2c(C)ccc(C)c2[cH-]1.Cc1cc2c(C)ccc(C)c2[cH-]1.[Cl-].[Cl-].[Hf+2]=[Si]1CCCC1. The molecule has 1 saturated heterocycles. The second-order valence-corrected chi connectivity index (χ2v) is 18.8. The molecular weight excluding hydrogens is 614 g/mol. The molecule has 1 aliphatic heterocycles. The molecule has 0 saturated carbocycles. The van der Waals surface area contributed by atoms with Gasteiger partial charge in [-0.15, -0.1) is 68.1 Å². The van der Waals surface area contributed by atoms with Crippen LogP contribution in [0.25, 0.3) is 21.5 Å². The molecule has 0 aliphatic carbocycles. The molecular formula is C28H34Cl2HfSi-2. The average molecular weight is 648 g/mol. The van der Waals surface area contributed by atoms with Crippen molar-refractivity contribution in [2.75, 3.05) is 0 Å². The molecule has 0 amide bonds. The van der Waals surface area contributed by atoms with Crippen LogP contribution in [0.1, 0.15) is 46.2 Å². The Labute approximate surface area is 221 Å². The Bertz CT molecular complexity index is 1010. The van der Waals surface area contributed by atoms with Gasteiger partial charge in [-0.3, -0.25) is 0 Å². The summed E-state index contributed by atoms with van der Waals surface area (Å²) in [6, 6.07) is 21.1. The molecule has 0 N–H and O–H groups in total. The number of rotatable bonds is 0. The molecule has 32 heavy (non-hydrogen) atoms. The van der Waals surface area contributed by atoms with Gasteiger partial charge < -0.3 is 24.8 Å². The molecule has 0 aromatic heterocycles. The van der Waals surface area contributed by atoms with Crippen molar-refractivity contribution in [1.29, 1.82) is 0 Å². The van der Waals surface area contributed by atoms with Gasteiger partial charge >= 0.3 is 53.4 Å². The molecule has 4 aromatic rings. The topological polar surface area (TPSA) is 0 Å². The van der Waals surface area contributed by atoms with Crippen LogP contribution < -0.4 is 24.8 Å². The first-order valence-electron chi connectivity index (χ1n) is 11.1. The van der Waals surface area contributed by atoms with E-state index in [2.05, 4.69) is 90.1 Å². The Morgan fingerprint density at radius 1 is 0.625 bits per heavy atom. The van der Waals surface area contributed by atoms with Crippen LogP contribution in [0, 0.1) is 41.5 Å². The predicted octanol–water partition coefficient (Wildman–Crippen LogP) is 2.29. The summed E-state index contributed by atoms with van der Waals surface area (Å²) in [5.74, 6) is 0. The van der Waals surface area contributed by atoms with Crippen LogP contribution in [-0.2, 0) is 23.0 Å². The van der Waals surface area contributed by atoms with E-state index in [0.717, 1.165) is 0 Å². The number of fused-ring (bicyclic) bond motifs is 2. The number of aryl methyl sites for hydroxylation is 6. The van der Waals surface area contributed by atoms with Crippen LogP contribution in [0.4, 0.5) is 0 Å². The molecule has 170 valence electrons. The molecule has 5 rings (SSSR count). The number of halogens is 2. The fraction of sp³-hybridized carbons (Fsp3) is 0.357. The van der Waals surface area contributed by atoms with E-state index in [1.54, 1.807) is 47.9 Å². The van der Waals surface area contributed by atoms with Crippen molar-refractivity contribution >= 4 is 27.0 Å². The van der Waals surface area contributed by atoms with E-state index in [1.807, 2.05) is 0 Å². The Balaban J connectivity index is 0.000000245. The van der Waals surface area contributed by atoms with Gasteiger partial charge in [0.2, 0.25) is 0 Å². The average Bonchev–Trinajstić information content (AvgIpc) is 3.43. The molecule has 0 atom stereocenters. The standard InChI is InChI=1S/2C12H13.C4H8Si.2ClH.Hf/c2*1-8-6-11-9(2)4-5-10(3)12(11)7-8;1-2-4-5-3-1;;;/h2*4-7H,1-3H3;1-4H2;2*1H;/q2*-1;;;;+2/p-2. The van der Waals surface area contributed by atoms with Crippen LogP contribution in [-0.4, -0.2) is 5.49 Å². The van der Waals surface area contributed by atoms with Crippen molar-refractivity contribution in [2.24, 2.45) is 0 Å². The van der Waals surface area contributed by atoms with Crippen LogP contribution in [0.5, 0.6) is 0 Å². The minimum absolute atomic E-state index is 0. The summed E-state index contributed by atoms with van der Waals surface area (Å²) in [6.45, 7) is 13.0. The maximum atomic E-state index is 2.26. The van der Waals surface area contributed by atoms with Crippen molar-refractivity contribution < 1.29 is 47.8 Å². The van der Waals surface area contributed by atoms with E-state index in [-0.39, 0.29) is 24.8 Å². The van der Waals surface area contributed by atoms with E-state index in [1.165, 1.54) is 54.9 Å². The second kappa shape index (κ2) is 13.3. The molecule has 1 aliphatic rings. The predicted molar refractivity (Wildman–Crippen MR) is 132 cm³/mol. The quantitative estimate of drug-likeness (QED) is 0.203. The van der Waals surface area contributed by atoms with Crippen molar-refractivity contribution in [3.05, 3.63) is 81.9 Å². The zero-order chi connectivity index (χ0) is 21.8. The third-order valence-electron chi connectivity index (χ3n) is 6.14. The van der Waals surface area contributed by atoms with Gasteiger partial charge in [0.1, 0.15) is 0 Å². The Kier molecular flexibility index (Phi) is 12.2. The fourth-order valence-corrected chi connectivity index (χ4v) is 9.69. The molecule has 0 unspecified atom stereocenters. The van der Waals surface area contributed by atoms with Gasteiger partial charge in [0.05, 0.1) is 0 Å². The van der Waals surface area contributed by atoms with E-state index in [9.17, 15) is 0 Å². The van der Waals surface area contributed by atoms with Crippen LogP contribution in [0.3, 0.4) is 0 Å². The van der Waals surface area contributed by atoms with Crippen molar-refractivity contribution in [2.45, 2.75) is 66.5 Å². The summed E-state index contributed by atoms with van der Waals surface area (Å²) >= 11 is 1.55. The summed E-state index contributed by atoms with van der Waals surface area (Å²) in [5.41, 5.74) is 8.62. The molecule has 0 nitrogen and oxygen atoms in total. The first-order valence-corrected chi connectivity index (χ1v) is 18.4. The summed E-state index contributed by atoms with van der Waals surface area (Å²) < 4.78 is 0. The zero-order valence-corrected chi connectivity index (χ0v) is 26.3. The molecule has 4 aromatic carbocycles. The Hall–Kier alpha value is -0.673. The van der Waals surface area contributed by atoms with E-state index in [4.69, 9.17) is 0 Å². The van der Waals surface area contributed by atoms with Gasteiger partial charge in [-0.2, -0.15) is 12.1 Å². The molecule has 4 heteroatoms. The minimum atomic E-state index is 0. The number of hydrogen-bond acceptors (Lipinski definition) is 0. The van der Waals surface area contributed by atoms with Gasteiger partial charge in [-0.05, 0) is 13.8 Å². The van der Waals surface area contributed by atoms with Crippen LogP contribution in [0.2, 0.25) is 12.1 Å². The fourth-order valence-electron chi connectivity index (χ4n) is 4.27. The van der Waals surface area contributed by atoms with Crippen molar-refractivity contribution in [1.82, 2.24) is 0 Å². The molecule has 0 bridgehead atoms. The first-order chi connectivity index (χ1) is 14.3. The zero-order valence-electron chi connectivity index (χ0n) is 20.2. The summed E-state index contributed by atoms with van der Waals surface area (Å²) in [6.07, 6.45) is 3.13. The third kappa shape index (κ3) is 7.42. The summed E-state index contributed by atoms with van der Waals surface area (Å²) in [4.78, 5) is 0. The van der Waals surface area contributed by atoms with E-state index in [0.29, 0.717) is 5.49 Å².